The van der Waals surface area contributed by atoms with E-state index in [9.17, 15) is 6.85 Å². The molecule has 14 rings (SSSR count). The molecule has 476 valence electrons. The summed E-state index contributed by atoms with van der Waals surface area (Å²) in [5.74, 6) is 1.23. The number of fused-ring (bicyclic) bond motifs is 10. The number of para-hydroxylation sites is 4. The third kappa shape index (κ3) is 11.2. The first-order chi connectivity index (χ1) is 47.4. The fraction of sp³-hybridized carbons (Fsp3) is 0.241. The molecular formula is C87H85N4OPtSi-3. The summed E-state index contributed by atoms with van der Waals surface area (Å²) in [7, 11) is -3.37. The van der Waals surface area contributed by atoms with Gasteiger partial charge in [0.2, 0.25) is 0 Å². The van der Waals surface area contributed by atoms with Gasteiger partial charge in [0.1, 0.15) is 13.9 Å². The summed E-state index contributed by atoms with van der Waals surface area (Å²) in [5, 5.41) is 4.77. The molecular weight excluding hydrogens is 1340 g/mol. The smallest absolute Gasteiger partial charge is 0.135 e. The Hall–Kier alpha value is -8.54. The van der Waals surface area contributed by atoms with Crippen LogP contribution < -0.4 is 40.2 Å². The van der Waals surface area contributed by atoms with Crippen LogP contribution in [-0.4, -0.2) is 13.1 Å². The van der Waals surface area contributed by atoms with Crippen LogP contribution in [0.5, 0.6) is 11.5 Å². The average Bonchev–Trinajstić information content (AvgIpc) is 1.46. The molecule has 0 unspecified atom stereocenters. The minimum atomic E-state index is -3.37. The number of anilines is 7. The van der Waals surface area contributed by atoms with E-state index in [1.54, 1.807) is 12.3 Å². The molecule has 0 radical (unpaired) electrons. The Morgan fingerprint density at radius 2 is 0.979 bits per heavy atom. The first-order valence-corrected chi connectivity index (χ1v) is 34.4. The van der Waals surface area contributed by atoms with E-state index in [0.29, 0.717) is 45.5 Å². The van der Waals surface area contributed by atoms with Gasteiger partial charge in [0, 0.05) is 82.3 Å². The van der Waals surface area contributed by atoms with Crippen molar-refractivity contribution in [2.24, 2.45) is 0 Å². The van der Waals surface area contributed by atoms with Gasteiger partial charge in [0.25, 0.3) is 0 Å². The molecule has 3 aliphatic rings. The van der Waals surface area contributed by atoms with Gasteiger partial charge < -0.3 is 19.4 Å². The summed E-state index contributed by atoms with van der Waals surface area (Å²) in [6.07, 6.45) is 1.72. The Balaban J connectivity index is 0.00000928. The number of nitrogens with zero attached hydrogens (tertiary/aromatic N) is 4. The maximum absolute atomic E-state index is 9.41. The zero-order valence-corrected chi connectivity index (χ0v) is 59.8. The number of hydrogen-bond donors (Lipinski definition) is 0. The Kier molecular flexibility index (Phi) is 13.7. The van der Waals surface area contributed by atoms with E-state index in [0.717, 1.165) is 60.8 Å². The van der Waals surface area contributed by atoms with Crippen LogP contribution >= 0.6 is 0 Å². The number of rotatable bonds is 8. The molecule has 0 aliphatic carbocycles. The molecule has 0 fully saturated rings. The third-order valence-corrected chi connectivity index (χ3v) is 23.9. The number of benzene rings is 10. The minimum absolute atomic E-state index is 0. The average molecular weight is 1430 g/mol. The van der Waals surface area contributed by atoms with Crippen molar-refractivity contribution < 1.29 is 36.8 Å². The molecule has 10 aromatic carbocycles. The zero-order chi connectivity index (χ0) is 72.2. The molecule has 0 amide bonds. The van der Waals surface area contributed by atoms with E-state index in [4.69, 9.17) is 13.8 Å². The molecule has 0 atom stereocenters. The topological polar surface area (TPSA) is 31.8 Å². The van der Waals surface area contributed by atoms with Crippen LogP contribution in [0.1, 0.15) is 148 Å². The number of aromatic nitrogens is 1. The number of aryl methyl sites for hydroxylation is 1. The molecule has 0 saturated heterocycles. The second-order valence-electron chi connectivity index (χ2n) is 30.5. The quantitative estimate of drug-likeness (QED) is 0.112. The van der Waals surface area contributed by atoms with Crippen LogP contribution in [0.4, 0.5) is 39.9 Å². The number of pyridine rings is 1. The van der Waals surface area contributed by atoms with Crippen LogP contribution in [-0.2, 0) is 48.1 Å². The van der Waals surface area contributed by atoms with Crippen molar-refractivity contribution in [2.45, 2.75) is 138 Å². The van der Waals surface area contributed by atoms with Crippen LogP contribution in [0.2, 0.25) is 0 Å². The predicted octanol–water partition coefficient (Wildman–Crippen LogP) is 20.8. The Morgan fingerprint density at radius 3 is 1.57 bits per heavy atom. The summed E-state index contributed by atoms with van der Waals surface area (Å²) < 4.78 is 79.9. The maximum Gasteiger partial charge on any atom is 0.135 e. The van der Waals surface area contributed by atoms with Gasteiger partial charge in [-0.3, -0.25) is 0 Å². The van der Waals surface area contributed by atoms with Gasteiger partial charge in [-0.25, -0.2) is 4.98 Å². The fourth-order valence-corrected chi connectivity index (χ4v) is 19.3. The van der Waals surface area contributed by atoms with Crippen molar-refractivity contribution in [1.29, 1.82) is 0 Å². The van der Waals surface area contributed by atoms with Gasteiger partial charge in [-0.05, 0) is 135 Å². The first-order valence-electron chi connectivity index (χ1n) is 36.4. The SMILES string of the molecule is [2H]c1c([2H])c([2H])c(-c2cccc(-c3cc(C(C)(C)C)cc(C(C)(C)C)c3)c2N2[CH-]N(c3[c-]c(Oc4[c-]c5c(cc4)[Si]4(c6cc(C(C)(C)C)ccc6-c6ccc(C(C)(C)C)cc64)c4ccccc4N5c4cc(C([2H])([2H])[2H])c(-c5ccc(C(C)(C)C)cc5)cn4)ccc3)c3ccccc32)c([2H])c1[2H].[Pt]. The second kappa shape index (κ2) is 23.4. The summed E-state index contributed by atoms with van der Waals surface area (Å²) >= 11 is 0. The van der Waals surface area contributed by atoms with Crippen LogP contribution in [0.3, 0.4) is 0 Å². The van der Waals surface area contributed by atoms with Gasteiger partial charge in [-0.2, -0.15) is 12.1 Å². The molecule has 94 heavy (non-hydrogen) atoms. The van der Waals surface area contributed by atoms with E-state index in [2.05, 4.69) is 229 Å². The second-order valence-corrected chi connectivity index (χ2v) is 34.1. The molecule has 4 heterocycles. The Labute approximate surface area is 586 Å². The summed E-state index contributed by atoms with van der Waals surface area (Å²) in [4.78, 5) is 11.5. The van der Waals surface area contributed by atoms with Crippen molar-refractivity contribution in [2.75, 3.05) is 14.7 Å². The van der Waals surface area contributed by atoms with Crippen LogP contribution in [0.15, 0.2) is 218 Å². The standard InChI is InChI=1S/C87H85N4OSi.Pt/c1-56-46-81(88-54-72(56)58-36-38-60(39-37-58)83(2,3)4)91-75-34-22-23-35-77(75)93(79-50-61(84(5,6)7)40-43-70(79)71-44-41-62(51-80(71)93)85(8,9)10)78-45-42-67(53-76(78)91)92-66-29-24-28-65(52-66)89-55-90(74-33-21-20-32-73(74)89)82-68(57-26-18-17-19-27-57)30-25-31-69(82)59-47-63(86(11,12)13)49-64(48-59)87(14,15)16;/h17-51,54-55H,1-16H3;/q-3;/i1D3,17D,18D,19D,26D,27D;. The van der Waals surface area contributed by atoms with Crippen LogP contribution in [0, 0.1) is 25.7 Å². The van der Waals surface area contributed by atoms with Gasteiger partial charge in [0.15, 0.2) is 0 Å². The molecule has 1 spiro atoms. The van der Waals surface area contributed by atoms with E-state index in [1.165, 1.54) is 32.6 Å². The van der Waals surface area contributed by atoms with E-state index in [-0.39, 0.29) is 71.4 Å². The molecule has 0 bridgehead atoms. The summed E-state index contributed by atoms with van der Waals surface area (Å²) in [5.41, 5.74) is 15.6. The van der Waals surface area contributed by atoms with Crippen molar-refractivity contribution in [1.82, 2.24) is 4.98 Å². The van der Waals surface area contributed by atoms with Gasteiger partial charge >= 0.3 is 0 Å². The van der Waals surface area contributed by atoms with E-state index >= 15 is 0 Å². The van der Waals surface area contributed by atoms with Crippen molar-refractivity contribution in [3.05, 3.63) is 271 Å². The van der Waals surface area contributed by atoms with E-state index in [1.807, 2.05) is 84.4 Å². The third-order valence-electron chi connectivity index (χ3n) is 19.0. The largest absolute Gasteiger partial charge is 0.509 e. The van der Waals surface area contributed by atoms with Gasteiger partial charge in [0.05, 0.1) is 6.85 Å². The molecule has 3 aliphatic heterocycles. The Bertz CT molecular complexity index is 5060. The fourth-order valence-electron chi connectivity index (χ4n) is 13.8. The van der Waals surface area contributed by atoms with Crippen molar-refractivity contribution >= 4 is 68.8 Å². The number of ether oxygens (including phenoxy) is 1. The molecule has 5 nitrogen and oxygen atoms in total. The maximum atomic E-state index is 9.41. The van der Waals surface area contributed by atoms with Gasteiger partial charge in [-0.15, -0.1) is 47.9 Å². The minimum Gasteiger partial charge on any atom is -0.509 e. The van der Waals surface area contributed by atoms with Crippen molar-refractivity contribution in [3.63, 3.8) is 0 Å². The molecule has 7 heteroatoms. The zero-order valence-electron chi connectivity index (χ0n) is 64.5. The molecule has 11 aromatic rings. The monoisotopic (exact) mass is 1430 g/mol. The predicted molar refractivity (Wildman–Crippen MR) is 395 cm³/mol. The molecule has 0 N–H and O–H groups in total. The van der Waals surface area contributed by atoms with Crippen molar-refractivity contribution in [3.8, 4) is 56.0 Å². The number of hydrogen-bond acceptors (Lipinski definition) is 5. The summed E-state index contributed by atoms with van der Waals surface area (Å²) in [6.45, 7) is 32.8. The summed E-state index contributed by atoms with van der Waals surface area (Å²) in [6, 6.07) is 68.9. The molecule has 1 aromatic heterocycles. The molecule has 0 saturated carbocycles. The Morgan fingerprint density at radius 1 is 0.436 bits per heavy atom. The normalized spacial score (nSPS) is 15.4. The first kappa shape index (κ1) is 54.8. The van der Waals surface area contributed by atoms with E-state index < -0.39 is 33.1 Å². The van der Waals surface area contributed by atoms with Gasteiger partial charge in [-0.1, -0.05) is 267 Å². The van der Waals surface area contributed by atoms with Crippen LogP contribution in [0.25, 0.3) is 44.5 Å².